The first-order valence-electron chi connectivity index (χ1n) is 5.39. The van der Waals surface area contributed by atoms with Crippen LogP contribution in [0.25, 0.3) is 0 Å². The van der Waals surface area contributed by atoms with E-state index in [9.17, 15) is 4.79 Å². The topological polar surface area (TPSA) is 49.8 Å². The maximum Gasteiger partial charge on any atom is 0.329 e. The smallest absolute Gasteiger partial charge is 0.329 e. The standard InChI is InChI=1S/C12H15NO3/c14-12(15)9-16-11-6-7-13(8-11)10-4-2-1-3-5-10/h1-5,11H,6-9H2,(H,14,15)/t11-/m1/s1. The van der Waals surface area contributed by atoms with Crippen LogP contribution < -0.4 is 4.90 Å². The summed E-state index contributed by atoms with van der Waals surface area (Å²) < 4.78 is 5.27. The van der Waals surface area contributed by atoms with Crippen LogP contribution >= 0.6 is 0 Å². The normalized spacial score (nSPS) is 20.0. The highest BCUT2D eigenvalue weighted by Gasteiger charge is 2.23. The van der Waals surface area contributed by atoms with Gasteiger partial charge in [-0.3, -0.25) is 0 Å². The van der Waals surface area contributed by atoms with Crippen molar-refractivity contribution in [2.24, 2.45) is 0 Å². The van der Waals surface area contributed by atoms with Gasteiger partial charge in [0, 0.05) is 18.8 Å². The Morgan fingerprint density at radius 1 is 1.44 bits per heavy atom. The molecule has 0 unspecified atom stereocenters. The van der Waals surface area contributed by atoms with Crippen molar-refractivity contribution in [1.29, 1.82) is 0 Å². The fraction of sp³-hybridized carbons (Fsp3) is 0.417. The Morgan fingerprint density at radius 3 is 2.88 bits per heavy atom. The van der Waals surface area contributed by atoms with Gasteiger partial charge in [0.2, 0.25) is 0 Å². The Labute approximate surface area is 94.4 Å². The zero-order valence-corrected chi connectivity index (χ0v) is 9.00. The van der Waals surface area contributed by atoms with E-state index in [1.165, 1.54) is 5.69 Å². The Morgan fingerprint density at radius 2 is 2.19 bits per heavy atom. The van der Waals surface area contributed by atoms with Crippen molar-refractivity contribution in [3.63, 3.8) is 0 Å². The average Bonchev–Trinajstić information content (AvgIpc) is 2.76. The summed E-state index contributed by atoms with van der Waals surface area (Å²) in [5.74, 6) is -0.904. The predicted molar refractivity (Wildman–Crippen MR) is 60.6 cm³/mol. The highest BCUT2D eigenvalue weighted by molar-refractivity contribution is 5.68. The van der Waals surface area contributed by atoms with E-state index < -0.39 is 5.97 Å². The number of carboxylic acids is 1. The summed E-state index contributed by atoms with van der Waals surface area (Å²) in [5, 5.41) is 8.52. The van der Waals surface area contributed by atoms with Crippen LogP contribution in [-0.2, 0) is 9.53 Å². The van der Waals surface area contributed by atoms with E-state index in [1.807, 2.05) is 18.2 Å². The molecule has 0 saturated carbocycles. The fourth-order valence-electron chi connectivity index (χ4n) is 1.93. The largest absolute Gasteiger partial charge is 0.480 e. The van der Waals surface area contributed by atoms with Gasteiger partial charge < -0.3 is 14.7 Å². The maximum atomic E-state index is 10.4. The van der Waals surface area contributed by atoms with Crippen molar-refractivity contribution in [3.05, 3.63) is 30.3 Å². The number of ether oxygens (including phenoxy) is 1. The van der Waals surface area contributed by atoms with Crippen molar-refractivity contribution in [2.75, 3.05) is 24.6 Å². The van der Waals surface area contributed by atoms with Gasteiger partial charge in [0.05, 0.1) is 6.10 Å². The molecule has 1 saturated heterocycles. The number of benzene rings is 1. The van der Waals surface area contributed by atoms with Crippen LogP contribution in [0.15, 0.2) is 30.3 Å². The molecule has 4 heteroatoms. The second-order valence-electron chi connectivity index (χ2n) is 3.90. The molecule has 1 aromatic rings. The van der Waals surface area contributed by atoms with Crippen LogP contribution in [0.2, 0.25) is 0 Å². The molecule has 1 aliphatic heterocycles. The van der Waals surface area contributed by atoms with Crippen LogP contribution in [0.3, 0.4) is 0 Å². The van der Waals surface area contributed by atoms with Crippen LogP contribution in [0.5, 0.6) is 0 Å². The number of rotatable bonds is 4. The lowest BCUT2D eigenvalue weighted by Crippen LogP contribution is -2.24. The molecule has 0 radical (unpaired) electrons. The number of aliphatic carboxylic acids is 1. The summed E-state index contributed by atoms with van der Waals surface area (Å²) in [7, 11) is 0. The van der Waals surface area contributed by atoms with Crippen molar-refractivity contribution in [2.45, 2.75) is 12.5 Å². The molecule has 1 N–H and O–H groups in total. The Balaban J connectivity index is 1.86. The van der Waals surface area contributed by atoms with Gasteiger partial charge in [-0.1, -0.05) is 18.2 Å². The predicted octanol–water partition coefficient (Wildman–Crippen LogP) is 1.37. The Hall–Kier alpha value is -1.55. The SMILES string of the molecule is O=C(O)CO[C@@H]1CCN(c2ccccc2)C1. The fourth-order valence-corrected chi connectivity index (χ4v) is 1.93. The lowest BCUT2D eigenvalue weighted by atomic mass is 10.3. The van der Waals surface area contributed by atoms with E-state index in [0.29, 0.717) is 0 Å². The van der Waals surface area contributed by atoms with Crippen LogP contribution in [-0.4, -0.2) is 36.9 Å². The summed E-state index contributed by atoms with van der Waals surface area (Å²) in [6.07, 6.45) is 0.929. The molecule has 1 heterocycles. The third-order valence-electron chi connectivity index (χ3n) is 2.71. The zero-order valence-electron chi connectivity index (χ0n) is 9.00. The number of carboxylic acid groups (broad SMARTS) is 1. The van der Waals surface area contributed by atoms with Crippen molar-refractivity contribution in [3.8, 4) is 0 Å². The molecule has 0 amide bonds. The van der Waals surface area contributed by atoms with Gasteiger partial charge in [0.15, 0.2) is 0 Å². The van der Waals surface area contributed by atoms with E-state index in [0.717, 1.165) is 19.5 Å². The van der Waals surface area contributed by atoms with E-state index in [-0.39, 0.29) is 12.7 Å². The molecule has 86 valence electrons. The first-order chi connectivity index (χ1) is 7.75. The second-order valence-corrected chi connectivity index (χ2v) is 3.90. The summed E-state index contributed by atoms with van der Waals surface area (Å²) in [5.41, 5.74) is 1.17. The summed E-state index contributed by atoms with van der Waals surface area (Å²) in [6.45, 7) is 1.50. The van der Waals surface area contributed by atoms with E-state index in [1.54, 1.807) is 0 Å². The van der Waals surface area contributed by atoms with Gasteiger partial charge in [-0.15, -0.1) is 0 Å². The van der Waals surface area contributed by atoms with Crippen molar-refractivity contribution in [1.82, 2.24) is 0 Å². The lowest BCUT2D eigenvalue weighted by molar-refractivity contribution is -0.143. The Bertz CT molecular complexity index is 353. The zero-order chi connectivity index (χ0) is 11.4. The highest BCUT2D eigenvalue weighted by atomic mass is 16.5. The van der Waals surface area contributed by atoms with Gasteiger partial charge >= 0.3 is 5.97 Å². The number of hydrogen-bond acceptors (Lipinski definition) is 3. The van der Waals surface area contributed by atoms with Crippen molar-refractivity contribution >= 4 is 11.7 Å². The van der Waals surface area contributed by atoms with E-state index in [4.69, 9.17) is 9.84 Å². The van der Waals surface area contributed by atoms with Gasteiger partial charge in [-0.2, -0.15) is 0 Å². The summed E-state index contributed by atoms with van der Waals surface area (Å²) in [6, 6.07) is 10.1. The molecule has 0 aliphatic carbocycles. The molecule has 2 rings (SSSR count). The van der Waals surface area contributed by atoms with Crippen LogP contribution in [0, 0.1) is 0 Å². The molecule has 0 bridgehead atoms. The first kappa shape index (κ1) is 11.0. The highest BCUT2D eigenvalue weighted by Crippen LogP contribution is 2.21. The average molecular weight is 221 g/mol. The van der Waals surface area contributed by atoms with Crippen LogP contribution in [0.1, 0.15) is 6.42 Å². The molecule has 0 aromatic heterocycles. The molecule has 4 nitrogen and oxygen atoms in total. The molecule has 0 spiro atoms. The third-order valence-corrected chi connectivity index (χ3v) is 2.71. The molecule has 1 atom stereocenters. The Kier molecular flexibility index (Phi) is 3.41. The quantitative estimate of drug-likeness (QED) is 0.834. The minimum atomic E-state index is -0.904. The maximum absolute atomic E-state index is 10.4. The molecular formula is C12H15NO3. The first-order valence-corrected chi connectivity index (χ1v) is 5.39. The number of nitrogens with zero attached hydrogens (tertiary/aromatic N) is 1. The second kappa shape index (κ2) is 4.99. The van der Waals surface area contributed by atoms with E-state index >= 15 is 0 Å². The number of carbonyl (C=O) groups is 1. The van der Waals surface area contributed by atoms with Gasteiger partial charge in [0.1, 0.15) is 6.61 Å². The summed E-state index contributed by atoms with van der Waals surface area (Å²) in [4.78, 5) is 12.6. The molecule has 1 aliphatic rings. The van der Waals surface area contributed by atoms with Crippen molar-refractivity contribution < 1.29 is 14.6 Å². The van der Waals surface area contributed by atoms with Crippen LogP contribution in [0.4, 0.5) is 5.69 Å². The van der Waals surface area contributed by atoms with Gasteiger partial charge in [-0.05, 0) is 18.6 Å². The minimum absolute atomic E-state index is 0.0382. The molecule has 1 fully saturated rings. The van der Waals surface area contributed by atoms with E-state index in [2.05, 4.69) is 17.0 Å². The monoisotopic (exact) mass is 221 g/mol. The van der Waals surface area contributed by atoms with Gasteiger partial charge in [0.25, 0.3) is 0 Å². The van der Waals surface area contributed by atoms with Gasteiger partial charge in [-0.25, -0.2) is 4.79 Å². The minimum Gasteiger partial charge on any atom is -0.480 e. The third kappa shape index (κ3) is 2.73. The number of anilines is 1. The molecular weight excluding hydrogens is 206 g/mol. The number of para-hydroxylation sites is 1. The molecule has 16 heavy (non-hydrogen) atoms. The molecule has 1 aromatic carbocycles. The lowest BCUT2D eigenvalue weighted by Gasteiger charge is -2.18. The number of hydrogen-bond donors (Lipinski definition) is 1. The summed E-state index contributed by atoms with van der Waals surface area (Å²) >= 11 is 0.